The third-order valence-electron chi connectivity index (χ3n) is 2.72. The van der Waals surface area contributed by atoms with Crippen molar-refractivity contribution in [3.05, 3.63) is 12.2 Å². The van der Waals surface area contributed by atoms with Crippen LogP contribution in [0.1, 0.15) is 40.5 Å². The van der Waals surface area contributed by atoms with Crippen LogP contribution in [0.3, 0.4) is 0 Å². The molecule has 0 aliphatic heterocycles. The van der Waals surface area contributed by atoms with E-state index in [-0.39, 0.29) is 24.7 Å². The van der Waals surface area contributed by atoms with E-state index in [9.17, 15) is 14.4 Å². The van der Waals surface area contributed by atoms with Crippen molar-refractivity contribution in [1.82, 2.24) is 10.6 Å². The van der Waals surface area contributed by atoms with Gasteiger partial charge in [-0.05, 0) is 34.1 Å². The van der Waals surface area contributed by atoms with Gasteiger partial charge in [0.25, 0.3) is 0 Å². The molecule has 0 spiro atoms. The number of hydrogen-bond acceptors (Lipinski definition) is 6. The summed E-state index contributed by atoms with van der Waals surface area (Å²) in [5.74, 6) is -0.527. The monoisotopic (exact) mass is 328 g/mol. The number of nitrogens with one attached hydrogen (secondary N) is 2. The van der Waals surface area contributed by atoms with E-state index in [0.717, 1.165) is 0 Å². The first-order chi connectivity index (χ1) is 10.7. The van der Waals surface area contributed by atoms with E-state index in [1.165, 1.54) is 7.11 Å². The smallest absolute Gasteiger partial charge is 0.408 e. The van der Waals surface area contributed by atoms with E-state index >= 15 is 0 Å². The van der Waals surface area contributed by atoms with Crippen LogP contribution in [0.25, 0.3) is 0 Å². The predicted octanol–water partition coefficient (Wildman–Crippen LogP) is 1.57. The Morgan fingerprint density at radius 2 is 1.87 bits per heavy atom. The number of carbonyl (C=O) groups is 3. The summed E-state index contributed by atoms with van der Waals surface area (Å²) < 4.78 is 9.73. The van der Waals surface area contributed by atoms with E-state index in [2.05, 4.69) is 10.6 Å². The average Bonchev–Trinajstić information content (AvgIpc) is 2.46. The topological polar surface area (TPSA) is 93.7 Å². The van der Waals surface area contributed by atoms with E-state index in [1.807, 2.05) is 19.1 Å². The highest BCUT2D eigenvalue weighted by atomic mass is 16.6. The zero-order valence-electron chi connectivity index (χ0n) is 14.6. The Morgan fingerprint density at radius 3 is 2.39 bits per heavy atom. The molecule has 2 N–H and O–H groups in total. The normalized spacial score (nSPS) is 12.7. The average molecular weight is 328 g/mol. The Hall–Kier alpha value is -1.89. The molecule has 0 unspecified atom stereocenters. The molecule has 7 heteroatoms. The lowest BCUT2D eigenvalue weighted by Crippen LogP contribution is -2.39. The molecule has 132 valence electrons. The minimum absolute atomic E-state index is 0.103. The Balaban J connectivity index is 4.08. The van der Waals surface area contributed by atoms with E-state index in [0.29, 0.717) is 13.0 Å². The van der Waals surface area contributed by atoms with Gasteiger partial charge < -0.3 is 20.1 Å². The number of rotatable bonds is 9. The van der Waals surface area contributed by atoms with Crippen LogP contribution < -0.4 is 10.6 Å². The fourth-order valence-corrected chi connectivity index (χ4v) is 1.64. The molecule has 0 aromatic heterocycles. The summed E-state index contributed by atoms with van der Waals surface area (Å²) in [6.07, 6.45) is 3.75. The lowest BCUT2D eigenvalue weighted by Gasteiger charge is -2.19. The van der Waals surface area contributed by atoms with E-state index in [4.69, 9.17) is 9.47 Å². The van der Waals surface area contributed by atoms with Crippen LogP contribution in [0.5, 0.6) is 0 Å². The van der Waals surface area contributed by atoms with Gasteiger partial charge in [0, 0.05) is 13.0 Å². The molecule has 0 saturated heterocycles. The van der Waals surface area contributed by atoms with Gasteiger partial charge in [0.2, 0.25) is 0 Å². The van der Waals surface area contributed by atoms with Gasteiger partial charge in [-0.15, -0.1) is 0 Å². The minimum atomic E-state index is -0.626. The molecule has 1 amide bonds. The van der Waals surface area contributed by atoms with Crippen molar-refractivity contribution in [3.8, 4) is 0 Å². The first-order valence-corrected chi connectivity index (χ1v) is 7.60. The Morgan fingerprint density at radius 1 is 1.22 bits per heavy atom. The number of ether oxygens (including phenoxy) is 2. The van der Waals surface area contributed by atoms with Crippen LogP contribution in [0, 0.1) is 0 Å². The van der Waals surface area contributed by atoms with Crippen molar-refractivity contribution < 1.29 is 23.9 Å². The Kier molecular flexibility index (Phi) is 9.89. The van der Waals surface area contributed by atoms with Crippen molar-refractivity contribution in [2.75, 3.05) is 20.2 Å². The summed E-state index contributed by atoms with van der Waals surface area (Å²) >= 11 is 0. The number of Topliss-reactive ketones (excluding diaryl/α,β-unsaturated/α-hetero) is 1. The molecule has 0 rings (SSSR count). The maximum absolute atomic E-state index is 11.7. The lowest BCUT2D eigenvalue weighted by atomic mass is 10.2. The van der Waals surface area contributed by atoms with Gasteiger partial charge in [0.15, 0.2) is 5.78 Å². The first kappa shape index (κ1) is 21.1. The number of allylic oxidation sites excluding steroid dienone is 1. The fourth-order valence-electron chi connectivity index (χ4n) is 1.64. The maximum Gasteiger partial charge on any atom is 0.408 e. The van der Waals surface area contributed by atoms with Gasteiger partial charge in [-0.3, -0.25) is 9.59 Å². The van der Waals surface area contributed by atoms with Gasteiger partial charge in [-0.1, -0.05) is 12.2 Å². The van der Waals surface area contributed by atoms with Gasteiger partial charge in [0.05, 0.1) is 13.7 Å². The molecular formula is C16H28N2O5. The van der Waals surface area contributed by atoms with Crippen molar-refractivity contribution in [1.29, 1.82) is 0 Å². The highest BCUT2D eigenvalue weighted by Gasteiger charge is 2.18. The molecule has 7 nitrogen and oxygen atoms in total. The largest absolute Gasteiger partial charge is 0.468 e. The van der Waals surface area contributed by atoms with Crippen molar-refractivity contribution in [2.45, 2.75) is 52.2 Å². The second-order valence-corrected chi connectivity index (χ2v) is 5.98. The van der Waals surface area contributed by atoms with Crippen LogP contribution in [-0.4, -0.2) is 49.7 Å². The summed E-state index contributed by atoms with van der Waals surface area (Å²) in [6, 6.07) is -0.484. The maximum atomic E-state index is 11.7. The molecule has 0 aliphatic carbocycles. The SMILES string of the molecule is C/C=C/C[C@H](NCCC(=O)CNC(=O)OC(C)(C)C)C(=O)OC. The number of alkyl carbamates (subject to hydrolysis) is 1. The molecule has 0 bridgehead atoms. The molecule has 0 heterocycles. The fraction of sp³-hybridized carbons (Fsp3) is 0.688. The van der Waals surface area contributed by atoms with Crippen LogP contribution in [-0.2, 0) is 19.1 Å². The third-order valence-corrected chi connectivity index (χ3v) is 2.72. The van der Waals surface area contributed by atoms with Gasteiger partial charge in [-0.2, -0.15) is 0 Å². The number of ketones is 1. The second kappa shape index (κ2) is 10.8. The van der Waals surface area contributed by atoms with Gasteiger partial charge >= 0.3 is 12.1 Å². The van der Waals surface area contributed by atoms with Crippen LogP contribution in [0.4, 0.5) is 4.79 Å². The number of carbonyl (C=O) groups excluding carboxylic acids is 3. The number of esters is 1. The van der Waals surface area contributed by atoms with Crippen LogP contribution >= 0.6 is 0 Å². The molecule has 23 heavy (non-hydrogen) atoms. The van der Waals surface area contributed by atoms with Crippen LogP contribution in [0.15, 0.2) is 12.2 Å². The molecule has 0 saturated carbocycles. The third kappa shape index (κ3) is 11.3. The Labute approximate surface area is 137 Å². The standard InChI is InChI=1S/C16H28N2O5/c1-6-7-8-13(14(20)22-5)17-10-9-12(19)11-18-15(21)23-16(2,3)4/h6-7,13,17H,8-11H2,1-5H3,(H,18,21)/b7-6+/t13-/m0/s1. The number of methoxy groups -OCH3 is 1. The van der Waals surface area contributed by atoms with Crippen LogP contribution in [0.2, 0.25) is 0 Å². The summed E-state index contributed by atoms with van der Waals surface area (Å²) in [5, 5.41) is 5.38. The zero-order chi connectivity index (χ0) is 17.9. The number of amides is 1. The van der Waals surface area contributed by atoms with Crippen molar-refractivity contribution >= 4 is 17.8 Å². The van der Waals surface area contributed by atoms with Gasteiger partial charge in [-0.25, -0.2) is 4.79 Å². The molecule has 0 radical (unpaired) electrons. The first-order valence-electron chi connectivity index (χ1n) is 7.60. The number of hydrogen-bond donors (Lipinski definition) is 2. The molecule has 0 fully saturated rings. The quantitative estimate of drug-likeness (QED) is 0.493. The molecule has 0 aromatic carbocycles. The highest BCUT2D eigenvalue weighted by molar-refractivity contribution is 5.84. The van der Waals surface area contributed by atoms with E-state index < -0.39 is 17.7 Å². The summed E-state index contributed by atoms with van der Waals surface area (Å²) in [7, 11) is 1.32. The predicted molar refractivity (Wildman–Crippen MR) is 87.1 cm³/mol. The molecule has 1 atom stereocenters. The van der Waals surface area contributed by atoms with Crippen molar-refractivity contribution in [2.24, 2.45) is 0 Å². The second-order valence-electron chi connectivity index (χ2n) is 5.98. The lowest BCUT2D eigenvalue weighted by molar-refractivity contribution is -0.143. The van der Waals surface area contributed by atoms with Crippen molar-refractivity contribution in [3.63, 3.8) is 0 Å². The Bertz CT molecular complexity index is 427. The molecular weight excluding hydrogens is 300 g/mol. The van der Waals surface area contributed by atoms with Gasteiger partial charge in [0.1, 0.15) is 11.6 Å². The minimum Gasteiger partial charge on any atom is -0.468 e. The molecule has 0 aliphatic rings. The zero-order valence-corrected chi connectivity index (χ0v) is 14.6. The summed E-state index contributed by atoms with van der Waals surface area (Å²) in [4.78, 5) is 34.7. The van der Waals surface area contributed by atoms with E-state index in [1.54, 1.807) is 20.8 Å². The summed E-state index contributed by atoms with van der Waals surface area (Å²) in [5.41, 5.74) is -0.602. The summed E-state index contributed by atoms with van der Waals surface area (Å²) in [6.45, 7) is 7.32. The highest BCUT2D eigenvalue weighted by Crippen LogP contribution is 2.06. The molecule has 0 aromatic rings.